The Morgan fingerprint density at radius 3 is 2.38 bits per heavy atom. The van der Waals surface area contributed by atoms with E-state index in [4.69, 9.17) is 0 Å². The summed E-state index contributed by atoms with van der Waals surface area (Å²) in [5, 5.41) is 0. The first kappa shape index (κ1) is 14.2. The van der Waals surface area contributed by atoms with Crippen LogP contribution in [0.25, 0.3) is 0 Å². The lowest BCUT2D eigenvalue weighted by molar-refractivity contribution is 0.554. The first-order valence-corrected chi connectivity index (χ1v) is 8.00. The van der Waals surface area contributed by atoms with Crippen LogP contribution < -0.4 is 4.72 Å². The van der Waals surface area contributed by atoms with Crippen LogP contribution in [0.5, 0.6) is 0 Å². The SMILES string of the molecule is O=S(=O)(NC1CCc2cc(F)ccc21)c1ccc(F)cc1. The fourth-order valence-electron chi connectivity index (χ4n) is 2.58. The molecule has 0 radical (unpaired) electrons. The molecular formula is C15H13F2NO2S. The van der Waals surface area contributed by atoms with Crippen molar-refractivity contribution in [3.8, 4) is 0 Å². The molecule has 21 heavy (non-hydrogen) atoms. The molecule has 1 aliphatic rings. The number of nitrogens with one attached hydrogen (secondary N) is 1. The molecule has 0 saturated carbocycles. The van der Waals surface area contributed by atoms with E-state index in [9.17, 15) is 17.2 Å². The van der Waals surface area contributed by atoms with Crippen molar-refractivity contribution in [3.63, 3.8) is 0 Å². The standard InChI is InChI=1S/C15H13F2NO2S/c16-11-2-5-13(6-3-11)21(19,20)18-15-8-1-10-9-12(17)4-7-14(10)15/h2-7,9,15,18H,1,8H2. The van der Waals surface area contributed by atoms with Gasteiger partial charge in [0.05, 0.1) is 4.90 Å². The van der Waals surface area contributed by atoms with Gasteiger partial charge >= 0.3 is 0 Å². The molecule has 1 unspecified atom stereocenters. The molecule has 0 heterocycles. The largest absolute Gasteiger partial charge is 0.241 e. The molecule has 0 spiro atoms. The molecule has 0 fully saturated rings. The van der Waals surface area contributed by atoms with Crippen LogP contribution in [0.3, 0.4) is 0 Å². The molecule has 0 bridgehead atoms. The lowest BCUT2D eigenvalue weighted by Crippen LogP contribution is -2.27. The Balaban J connectivity index is 1.86. The average molecular weight is 309 g/mol. The van der Waals surface area contributed by atoms with Crippen LogP contribution in [0.4, 0.5) is 8.78 Å². The second kappa shape index (κ2) is 5.20. The van der Waals surface area contributed by atoms with Gasteiger partial charge in [-0.25, -0.2) is 21.9 Å². The minimum absolute atomic E-state index is 0.0134. The molecule has 110 valence electrons. The maximum absolute atomic E-state index is 13.2. The molecule has 2 aromatic carbocycles. The number of aryl methyl sites for hydroxylation is 1. The van der Waals surface area contributed by atoms with Gasteiger partial charge in [0, 0.05) is 6.04 Å². The summed E-state index contributed by atoms with van der Waals surface area (Å²) < 4.78 is 53.2. The predicted molar refractivity (Wildman–Crippen MR) is 74.2 cm³/mol. The van der Waals surface area contributed by atoms with Gasteiger partial charge in [0.15, 0.2) is 0 Å². The predicted octanol–water partition coefficient (Wildman–Crippen LogP) is 2.93. The Labute approximate surface area is 121 Å². The second-order valence-corrected chi connectivity index (χ2v) is 6.72. The monoisotopic (exact) mass is 309 g/mol. The van der Waals surface area contributed by atoms with Crippen molar-refractivity contribution >= 4 is 10.0 Å². The van der Waals surface area contributed by atoms with Crippen molar-refractivity contribution in [1.82, 2.24) is 4.72 Å². The van der Waals surface area contributed by atoms with Crippen LogP contribution >= 0.6 is 0 Å². The van der Waals surface area contributed by atoms with Crippen LogP contribution in [0.15, 0.2) is 47.4 Å². The van der Waals surface area contributed by atoms with Crippen LogP contribution in [-0.4, -0.2) is 8.42 Å². The second-order valence-electron chi connectivity index (χ2n) is 5.01. The highest BCUT2D eigenvalue weighted by atomic mass is 32.2. The number of rotatable bonds is 3. The van der Waals surface area contributed by atoms with Crippen molar-refractivity contribution in [3.05, 3.63) is 65.2 Å². The van der Waals surface area contributed by atoms with Crippen LogP contribution in [-0.2, 0) is 16.4 Å². The molecule has 2 aromatic rings. The maximum Gasteiger partial charge on any atom is 0.241 e. The molecule has 1 N–H and O–H groups in total. The van der Waals surface area contributed by atoms with Crippen LogP contribution in [0, 0.1) is 11.6 Å². The first-order valence-electron chi connectivity index (χ1n) is 6.52. The van der Waals surface area contributed by atoms with Crippen molar-refractivity contribution in [1.29, 1.82) is 0 Å². The number of hydrogen-bond donors (Lipinski definition) is 1. The van der Waals surface area contributed by atoms with Crippen molar-refractivity contribution < 1.29 is 17.2 Å². The van der Waals surface area contributed by atoms with Gasteiger partial charge in [-0.3, -0.25) is 0 Å². The summed E-state index contributed by atoms with van der Waals surface area (Å²) >= 11 is 0. The van der Waals surface area contributed by atoms with Crippen LogP contribution in [0.1, 0.15) is 23.6 Å². The molecule has 1 aliphatic carbocycles. The Kier molecular flexibility index (Phi) is 3.51. The Morgan fingerprint density at radius 2 is 1.67 bits per heavy atom. The van der Waals surface area contributed by atoms with Crippen molar-refractivity contribution in [2.24, 2.45) is 0 Å². The third kappa shape index (κ3) is 2.82. The number of halogens is 2. The molecule has 3 nitrogen and oxygen atoms in total. The van der Waals surface area contributed by atoms with Gasteiger partial charge in [-0.05, 0) is 60.4 Å². The summed E-state index contributed by atoms with van der Waals surface area (Å²) in [6, 6.07) is 8.63. The fourth-order valence-corrected chi connectivity index (χ4v) is 3.83. The zero-order valence-electron chi connectivity index (χ0n) is 11.0. The van der Waals surface area contributed by atoms with E-state index < -0.39 is 15.8 Å². The lowest BCUT2D eigenvalue weighted by Gasteiger charge is -2.14. The minimum Gasteiger partial charge on any atom is -0.207 e. The quantitative estimate of drug-likeness (QED) is 0.947. The highest BCUT2D eigenvalue weighted by Crippen LogP contribution is 2.32. The molecule has 1 atom stereocenters. The third-order valence-corrected chi connectivity index (χ3v) is 5.09. The maximum atomic E-state index is 13.2. The van der Waals surface area contributed by atoms with Crippen LogP contribution in [0.2, 0.25) is 0 Å². The van der Waals surface area contributed by atoms with Gasteiger partial charge < -0.3 is 0 Å². The zero-order chi connectivity index (χ0) is 15.0. The van der Waals surface area contributed by atoms with E-state index in [1.807, 2.05) is 0 Å². The van der Waals surface area contributed by atoms with Crippen molar-refractivity contribution in [2.45, 2.75) is 23.8 Å². The Morgan fingerprint density at radius 1 is 1.00 bits per heavy atom. The number of fused-ring (bicyclic) bond motifs is 1. The Hall–Kier alpha value is -1.79. The lowest BCUT2D eigenvalue weighted by atomic mass is 10.1. The normalized spacial score (nSPS) is 17.7. The molecule has 0 saturated heterocycles. The molecule has 0 amide bonds. The molecular weight excluding hydrogens is 296 g/mol. The topological polar surface area (TPSA) is 46.2 Å². The van der Waals surface area contributed by atoms with E-state index in [0.717, 1.165) is 23.3 Å². The van der Waals surface area contributed by atoms with E-state index in [0.29, 0.717) is 12.8 Å². The summed E-state index contributed by atoms with van der Waals surface area (Å²) in [6.45, 7) is 0. The van der Waals surface area contributed by atoms with Gasteiger partial charge in [-0.15, -0.1) is 0 Å². The highest BCUT2D eigenvalue weighted by molar-refractivity contribution is 7.89. The first-order chi connectivity index (χ1) is 9.95. The zero-order valence-corrected chi connectivity index (χ0v) is 11.8. The van der Waals surface area contributed by atoms with Gasteiger partial charge in [-0.2, -0.15) is 0 Å². The molecule has 0 aliphatic heterocycles. The van der Waals surface area contributed by atoms with E-state index >= 15 is 0 Å². The Bertz CT molecular complexity index is 773. The van der Waals surface area contributed by atoms with Crippen molar-refractivity contribution in [2.75, 3.05) is 0 Å². The minimum atomic E-state index is -3.72. The summed E-state index contributed by atoms with van der Waals surface area (Å²) in [6.07, 6.45) is 1.21. The number of sulfonamides is 1. The highest BCUT2D eigenvalue weighted by Gasteiger charge is 2.27. The molecule has 3 rings (SSSR count). The van der Waals surface area contributed by atoms with Gasteiger partial charge in [0.2, 0.25) is 10.0 Å². The summed E-state index contributed by atoms with van der Waals surface area (Å²) in [5.41, 5.74) is 1.61. The summed E-state index contributed by atoms with van der Waals surface area (Å²) in [5.74, 6) is -0.813. The average Bonchev–Trinajstić information content (AvgIpc) is 2.81. The summed E-state index contributed by atoms with van der Waals surface area (Å²) in [7, 11) is -3.72. The summed E-state index contributed by atoms with van der Waals surface area (Å²) in [4.78, 5) is 0.0134. The van der Waals surface area contributed by atoms with E-state index in [-0.39, 0.29) is 16.8 Å². The third-order valence-electron chi connectivity index (χ3n) is 3.60. The van der Waals surface area contributed by atoms with E-state index in [2.05, 4.69) is 4.72 Å². The van der Waals surface area contributed by atoms with Gasteiger partial charge in [-0.1, -0.05) is 6.07 Å². The van der Waals surface area contributed by atoms with E-state index in [1.54, 1.807) is 6.07 Å². The van der Waals surface area contributed by atoms with Gasteiger partial charge in [0.1, 0.15) is 11.6 Å². The fraction of sp³-hybridized carbons (Fsp3) is 0.200. The molecule has 6 heteroatoms. The number of benzene rings is 2. The smallest absolute Gasteiger partial charge is 0.207 e. The number of hydrogen-bond acceptors (Lipinski definition) is 2. The molecule has 0 aromatic heterocycles. The van der Waals surface area contributed by atoms with E-state index in [1.165, 1.54) is 24.3 Å². The van der Waals surface area contributed by atoms with Gasteiger partial charge in [0.25, 0.3) is 0 Å².